The van der Waals surface area contributed by atoms with Gasteiger partial charge in [0.15, 0.2) is 0 Å². The molecule has 0 spiro atoms. The summed E-state index contributed by atoms with van der Waals surface area (Å²) < 4.78 is 2.04. The molecule has 1 aromatic rings. The quantitative estimate of drug-likeness (QED) is 0.887. The molecule has 0 aromatic carbocycles. The number of hydrogen-bond donors (Lipinski definition) is 1. The van der Waals surface area contributed by atoms with Crippen molar-refractivity contribution in [1.29, 1.82) is 0 Å². The average Bonchev–Trinajstić information content (AvgIpc) is 2.94. The molecule has 20 heavy (non-hydrogen) atoms. The summed E-state index contributed by atoms with van der Waals surface area (Å²) in [5, 5.41) is 7.74. The van der Waals surface area contributed by atoms with Crippen molar-refractivity contribution in [3.05, 3.63) is 18.0 Å². The Balaban J connectivity index is 1.63. The maximum absolute atomic E-state index is 12.6. The van der Waals surface area contributed by atoms with Crippen molar-refractivity contribution in [1.82, 2.24) is 20.0 Å². The van der Waals surface area contributed by atoms with E-state index in [0.29, 0.717) is 11.9 Å². The molecular formula is C15H24N4O. The predicted molar refractivity (Wildman–Crippen MR) is 77.4 cm³/mol. The molecule has 0 aliphatic carbocycles. The molecule has 0 bridgehead atoms. The number of carbonyl (C=O) groups is 1. The molecule has 3 heterocycles. The van der Waals surface area contributed by atoms with Crippen molar-refractivity contribution in [3.8, 4) is 0 Å². The third-order valence-electron chi connectivity index (χ3n) is 4.50. The number of aromatic nitrogens is 2. The molecular weight excluding hydrogens is 252 g/mol. The van der Waals surface area contributed by atoms with Crippen molar-refractivity contribution in [2.45, 2.75) is 38.6 Å². The maximum atomic E-state index is 12.6. The summed E-state index contributed by atoms with van der Waals surface area (Å²) in [6.45, 7) is 5.76. The van der Waals surface area contributed by atoms with Gasteiger partial charge in [0, 0.05) is 25.2 Å². The van der Waals surface area contributed by atoms with E-state index in [4.69, 9.17) is 0 Å². The molecule has 1 amide bonds. The number of piperidine rings is 2. The number of nitrogens with zero attached hydrogens (tertiary/aromatic N) is 3. The standard InChI is InChI=1S/C15H24N4O/c1-12-9-17-19(10-12)14-3-2-8-18(11-14)15(20)13-4-6-16-7-5-13/h9-10,13-14,16H,2-8,11H2,1H3. The Labute approximate surface area is 120 Å². The van der Waals surface area contributed by atoms with Crippen LogP contribution in [-0.4, -0.2) is 46.8 Å². The van der Waals surface area contributed by atoms with Crippen LogP contribution in [0.3, 0.4) is 0 Å². The van der Waals surface area contributed by atoms with Gasteiger partial charge in [-0.05, 0) is 51.3 Å². The van der Waals surface area contributed by atoms with Crippen LogP contribution in [0.25, 0.3) is 0 Å². The van der Waals surface area contributed by atoms with Crippen LogP contribution in [0.5, 0.6) is 0 Å². The second-order valence-corrected chi connectivity index (χ2v) is 6.10. The second-order valence-electron chi connectivity index (χ2n) is 6.10. The molecule has 0 saturated carbocycles. The first-order chi connectivity index (χ1) is 9.74. The monoisotopic (exact) mass is 276 g/mol. The normalized spacial score (nSPS) is 24.9. The molecule has 2 aliphatic heterocycles. The Hall–Kier alpha value is -1.36. The zero-order valence-corrected chi connectivity index (χ0v) is 12.2. The predicted octanol–water partition coefficient (Wildman–Crippen LogP) is 1.35. The summed E-state index contributed by atoms with van der Waals surface area (Å²) >= 11 is 0. The fourth-order valence-corrected chi connectivity index (χ4v) is 3.33. The second kappa shape index (κ2) is 5.95. The topological polar surface area (TPSA) is 50.2 Å². The minimum atomic E-state index is 0.231. The average molecular weight is 276 g/mol. The van der Waals surface area contributed by atoms with Crippen LogP contribution in [0.1, 0.15) is 37.3 Å². The van der Waals surface area contributed by atoms with Gasteiger partial charge in [0.05, 0.1) is 12.2 Å². The van der Waals surface area contributed by atoms with Crippen LogP contribution >= 0.6 is 0 Å². The van der Waals surface area contributed by atoms with Gasteiger partial charge in [-0.3, -0.25) is 9.48 Å². The number of aryl methyl sites for hydroxylation is 1. The van der Waals surface area contributed by atoms with E-state index in [1.807, 2.05) is 10.9 Å². The molecule has 3 rings (SSSR count). The maximum Gasteiger partial charge on any atom is 0.225 e. The highest BCUT2D eigenvalue weighted by atomic mass is 16.2. The van der Waals surface area contributed by atoms with Crippen LogP contribution in [0, 0.1) is 12.8 Å². The zero-order valence-electron chi connectivity index (χ0n) is 12.2. The largest absolute Gasteiger partial charge is 0.340 e. The van der Waals surface area contributed by atoms with E-state index in [0.717, 1.165) is 51.9 Å². The lowest BCUT2D eigenvalue weighted by molar-refractivity contribution is -0.138. The first kappa shape index (κ1) is 13.6. The van der Waals surface area contributed by atoms with Gasteiger partial charge < -0.3 is 10.2 Å². The van der Waals surface area contributed by atoms with E-state index < -0.39 is 0 Å². The Kier molecular flexibility index (Phi) is 4.05. The van der Waals surface area contributed by atoms with Gasteiger partial charge in [-0.15, -0.1) is 0 Å². The van der Waals surface area contributed by atoms with Crippen LogP contribution in [-0.2, 0) is 4.79 Å². The van der Waals surface area contributed by atoms with Crippen LogP contribution < -0.4 is 5.32 Å². The highest BCUT2D eigenvalue weighted by Crippen LogP contribution is 2.24. The minimum absolute atomic E-state index is 0.231. The Morgan fingerprint density at radius 1 is 1.35 bits per heavy atom. The fourth-order valence-electron chi connectivity index (χ4n) is 3.33. The molecule has 5 heteroatoms. The van der Waals surface area contributed by atoms with Crippen LogP contribution in [0.15, 0.2) is 12.4 Å². The summed E-state index contributed by atoms with van der Waals surface area (Å²) in [5.74, 6) is 0.592. The summed E-state index contributed by atoms with van der Waals surface area (Å²) in [6.07, 6.45) is 8.16. The molecule has 1 aromatic heterocycles. The first-order valence-corrected chi connectivity index (χ1v) is 7.74. The van der Waals surface area contributed by atoms with Crippen molar-refractivity contribution < 1.29 is 4.79 Å². The van der Waals surface area contributed by atoms with Gasteiger partial charge >= 0.3 is 0 Å². The summed E-state index contributed by atoms with van der Waals surface area (Å²) in [5.41, 5.74) is 1.19. The molecule has 2 saturated heterocycles. The van der Waals surface area contributed by atoms with Gasteiger partial charge in [-0.25, -0.2) is 0 Å². The Morgan fingerprint density at radius 2 is 2.15 bits per heavy atom. The zero-order chi connectivity index (χ0) is 13.9. The smallest absolute Gasteiger partial charge is 0.225 e. The van der Waals surface area contributed by atoms with E-state index in [9.17, 15) is 4.79 Å². The van der Waals surface area contributed by atoms with Crippen molar-refractivity contribution in [3.63, 3.8) is 0 Å². The lowest BCUT2D eigenvalue weighted by atomic mass is 9.95. The number of hydrogen-bond acceptors (Lipinski definition) is 3. The first-order valence-electron chi connectivity index (χ1n) is 7.74. The molecule has 1 N–H and O–H groups in total. The molecule has 0 radical (unpaired) electrons. The lowest BCUT2D eigenvalue weighted by Crippen LogP contribution is -2.46. The number of rotatable bonds is 2. The van der Waals surface area contributed by atoms with E-state index >= 15 is 0 Å². The summed E-state index contributed by atoms with van der Waals surface area (Å²) in [7, 11) is 0. The molecule has 110 valence electrons. The third-order valence-corrected chi connectivity index (χ3v) is 4.50. The third kappa shape index (κ3) is 2.87. The van der Waals surface area contributed by atoms with Crippen LogP contribution in [0.4, 0.5) is 0 Å². The molecule has 2 fully saturated rings. The minimum Gasteiger partial charge on any atom is -0.340 e. The van der Waals surface area contributed by atoms with Gasteiger partial charge in [-0.1, -0.05) is 0 Å². The SMILES string of the molecule is Cc1cnn(C2CCCN(C(=O)C3CCNCC3)C2)c1. The lowest BCUT2D eigenvalue weighted by Gasteiger charge is -2.36. The van der Waals surface area contributed by atoms with Gasteiger partial charge in [0.1, 0.15) is 0 Å². The van der Waals surface area contributed by atoms with Crippen molar-refractivity contribution in [2.75, 3.05) is 26.2 Å². The highest BCUT2D eigenvalue weighted by molar-refractivity contribution is 5.79. The van der Waals surface area contributed by atoms with Gasteiger partial charge in [0.25, 0.3) is 0 Å². The fraction of sp³-hybridized carbons (Fsp3) is 0.733. The Morgan fingerprint density at radius 3 is 2.85 bits per heavy atom. The number of amides is 1. The molecule has 5 nitrogen and oxygen atoms in total. The van der Waals surface area contributed by atoms with E-state index in [1.54, 1.807) is 0 Å². The van der Waals surface area contributed by atoms with E-state index in [1.165, 1.54) is 5.56 Å². The summed E-state index contributed by atoms with van der Waals surface area (Å²) in [4.78, 5) is 14.7. The Bertz CT molecular complexity index is 464. The van der Waals surface area contributed by atoms with Crippen molar-refractivity contribution in [2.24, 2.45) is 5.92 Å². The number of nitrogens with one attached hydrogen (secondary N) is 1. The van der Waals surface area contributed by atoms with Gasteiger partial charge in [0.2, 0.25) is 5.91 Å². The number of carbonyl (C=O) groups excluding carboxylic acids is 1. The summed E-state index contributed by atoms with van der Waals surface area (Å²) in [6, 6.07) is 0.350. The molecule has 2 aliphatic rings. The van der Waals surface area contributed by atoms with Crippen molar-refractivity contribution >= 4 is 5.91 Å². The van der Waals surface area contributed by atoms with E-state index in [2.05, 4.69) is 28.4 Å². The van der Waals surface area contributed by atoms with Gasteiger partial charge in [-0.2, -0.15) is 5.10 Å². The van der Waals surface area contributed by atoms with E-state index in [-0.39, 0.29) is 5.92 Å². The number of likely N-dealkylation sites (tertiary alicyclic amines) is 1. The molecule has 1 unspecified atom stereocenters. The molecule has 1 atom stereocenters. The highest BCUT2D eigenvalue weighted by Gasteiger charge is 2.30. The van der Waals surface area contributed by atoms with Crippen LogP contribution in [0.2, 0.25) is 0 Å².